The summed E-state index contributed by atoms with van der Waals surface area (Å²) in [5, 5.41) is 13.2. The highest BCUT2D eigenvalue weighted by molar-refractivity contribution is 7.99. The Bertz CT molecular complexity index is 414. The zero-order chi connectivity index (χ0) is 13.7. The maximum Gasteiger partial charge on any atom is 0.136 e. The van der Waals surface area contributed by atoms with E-state index in [1.807, 2.05) is 0 Å². The van der Waals surface area contributed by atoms with Crippen LogP contribution in [0.2, 0.25) is 0 Å². The number of halogens is 2. The van der Waals surface area contributed by atoms with Crippen molar-refractivity contribution < 1.29 is 13.9 Å². The van der Waals surface area contributed by atoms with E-state index in [1.165, 1.54) is 0 Å². The predicted molar refractivity (Wildman–Crippen MR) is 72.4 cm³/mol. The molecule has 2 rings (SSSR count). The van der Waals surface area contributed by atoms with Crippen molar-refractivity contribution >= 4 is 11.8 Å². The Labute approximate surface area is 116 Å². The van der Waals surface area contributed by atoms with Crippen LogP contribution in [-0.2, 0) is 0 Å². The predicted octanol–water partition coefficient (Wildman–Crippen LogP) is 1.32. The molecule has 2 N–H and O–H groups in total. The monoisotopic (exact) mass is 288 g/mol. The Hall–Kier alpha value is -0.690. The smallest absolute Gasteiger partial charge is 0.136 e. The van der Waals surface area contributed by atoms with Gasteiger partial charge in [-0.3, -0.25) is 4.90 Å². The van der Waals surface area contributed by atoms with Crippen molar-refractivity contribution in [2.45, 2.75) is 11.0 Å². The third-order valence-corrected chi connectivity index (χ3v) is 4.18. The van der Waals surface area contributed by atoms with E-state index in [2.05, 4.69) is 10.2 Å². The summed E-state index contributed by atoms with van der Waals surface area (Å²) in [6.45, 7) is 4.26. The van der Waals surface area contributed by atoms with Crippen LogP contribution in [0.3, 0.4) is 0 Å². The van der Waals surface area contributed by atoms with Crippen molar-refractivity contribution in [2.75, 3.05) is 38.5 Å². The van der Waals surface area contributed by atoms with Crippen LogP contribution >= 0.6 is 11.8 Å². The van der Waals surface area contributed by atoms with Gasteiger partial charge in [0.25, 0.3) is 0 Å². The summed E-state index contributed by atoms with van der Waals surface area (Å²) >= 11 is 1.15. The Morgan fingerprint density at radius 3 is 2.79 bits per heavy atom. The highest BCUT2D eigenvalue weighted by atomic mass is 32.2. The van der Waals surface area contributed by atoms with Crippen LogP contribution in [0.15, 0.2) is 23.1 Å². The molecule has 0 radical (unpaired) electrons. The lowest BCUT2D eigenvalue weighted by Crippen LogP contribution is -2.46. The molecule has 0 aliphatic carbocycles. The van der Waals surface area contributed by atoms with E-state index >= 15 is 0 Å². The topological polar surface area (TPSA) is 35.5 Å². The maximum atomic E-state index is 13.4. The zero-order valence-corrected chi connectivity index (χ0v) is 11.4. The molecule has 0 aromatic heterocycles. The van der Waals surface area contributed by atoms with E-state index in [4.69, 9.17) is 0 Å². The second kappa shape index (κ2) is 7.19. The molecular formula is C13H18F2N2OS. The molecule has 1 aliphatic rings. The van der Waals surface area contributed by atoms with E-state index in [0.717, 1.165) is 56.1 Å². The largest absolute Gasteiger partial charge is 0.391 e. The Morgan fingerprint density at radius 2 is 2.05 bits per heavy atom. The van der Waals surface area contributed by atoms with Crippen LogP contribution in [-0.4, -0.2) is 54.6 Å². The molecule has 0 spiro atoms. The Morgan fingerprint density at radius 1 is 1.32 bits per heavy atom. The first kappa shape index (κ1) is 14.7. The van der Waals surface area contributed by atoms with Crippen LogP contribution in [0.5, 0.6) is 0 Å². The lowest BCUT2D eigenvalue weighted by Gasteiger charge is -2.28. The summed E-state index contributed by atoms with van der Waals surface area (Å²) in [5.41, 5.74) is 0. The third kappa shape index (κ3) is 4.72. The van der Waals surface area contributed by atoms with Gasteiger partial charge < -0.3 is 10.4 Å². The van der Waals surface area contributed by atoms with Crippen LogP contribution in [0.25, 0.3) is 0 Å². The van der Waals surface area contributed by atoms with Crippen molar-refractivity contribution in [2.24, 2.45) is 0 Å². The normalized spacial score (nSPS) is 18.5. The second-order valence-electron chi connectivity index (χ2n) is 4.59. The number of β-amino-alcohol motifs (C(OH)–C–C–N with tert-alkyl or cyclic N) is 1. The minimum atomic E-state index is -0.536. The van der Waals surface area contributed by atoms with Crippen LogP contribution in [0, 0.1) is 11.6 Å². The van der Waals surface area contributed by atoms with Gasteiger partial charge in [-0.25, -0.2) is 8.78 Å². The van der Waals surface area contributed by atoms with E-state index in [9.17, 15) is 13.9 Å². The molecule has 1 aromatic carbocycles. The molecular weight excluding hydrogens is 270 g/mol. The van der Waals surface area contributed by atoms with Crippen molar-refractivity contribution in [3.63, 3.8) is 0 Å². The minimum Gasteiger partial charge on any atom is -0.391 e. The van der Waals surface area contributed by atoms with Gasteiger partial charge in [-0.05, 0) is 18.2 Å². The molecule has 1 atom stereocenters. The highest BCUT2D eigenvalue weighted by Crippen LogP contribution is 2.23. The third-order valence-electron chi connectivity index (χ3n) is 3.00. The molecule has 1 heterocycles. The molecule has 6 heteroatoms. The molecule has 1 saturated heterocycles. The zero-order valence-electron chi connectivity index (χ0n) is 10.6. The summed E-state index contributed by atoms with van der Waals surface area (Å²) in [7, 11) is 0. The summed E-state index contributed by atoms with van der Waals surface area (Å²) < 4.78 is 26.4. The van der Waals surface area contributed by atoms with Gasteiger partial charge in [0.2, 0.25) is 0 Å². The van der Waals surface area contributed by atoms with Gasteiger partial charge in [0.15, 0.2) is 0 Å². The number of piperazine rings is 1. The molecule has 0 saturated carbocycles. The fourth-order valence-electron chi connectivity index (χ4n) is 2.02. The summed E-state index contributed by atoms with van der Waals surface area (Å²) in [4.78, 5) is 2.42. The van der Waals surface area contributed by atoms with E-state index in [-0.39, 0.29) is 4.90 Å². The Balaban J connectivity index is 1.79. The minimum absolute atomic E-state index is 0.249. The number of hydrogen-bond acceptors (Lipinski definition) is 4. The lowest BCUT2D eigenvalue weighted by molar-refractivity contribution is 0.121. The first-order valence-corrected chi connectivity index (χ1v) is 7.32. The lowest BCUT2D eigenvalue weighted by atomic mass is 10.3. The van der Waals surface area contributed by atoms with Crippen LogP contribution in [0.1, 0.15) is 0 Å². The summed E-state index contributed by atoms with van der Waals surface area (Å²) in [5.74, 6) is -0.536. The van der Waals surface area contributed by atoms with Gasteiger partial charge >= 0.3 is 0 Å². The van der Waals surface area contributed by atoms with E-state index < -0.39 is 17.7 Å². The van der Waals surface area contributed by atoms with Crippen molar-refractivity contribution in [1.82, 2.24) is 10.2 Å². The van der Waals surface area contributed by atoms with Crippen molar-refractivity contribution in [3.8, 4) is 0 Å². The van der Waals surface area contributed by atoms with Crippen LogP contribution < -0.4 is 5.32 Å². The van der Waals surface area contributed by atoms with Gasteiger partial charge in [-0.15, -0.1) is 11.8 Å². The molecule has 19 heavy (non-hydrogen) atoms. The molecule has 106 valence electrons. The highest BCUT2D eigenvalue weighted by Gasteiger charge is 2.15. The average Bonchev–Trinajstić information content (AvgIpc) is 2.41. The van der Waals surface area contributed by atoms with Gasteiger partial charge in [-0.1, -0.05) is 0 Å². The molecule has 1 unspecified atom stereocenters. The number of rotatable bonds is 5. The van der Waals surface area contributed by atoms with Crippen molar-refractivity contribution in [1.29, 1.82) is 0 Å². The molecule has 1 aromatic rings. The first-order valence-electron chi connectivity index (χ1n) is 6.34. The Kier molecular flexibility index (Phi) is 5.57. The number of nitrogens with one attached hydrogen (secondary N) is 1. The molecule has 1 aliphatic heterocycles. The van der Waals surface area contributed by atoms with Crippen molar-refractivity contribution in [3.05, 3.63) is 29.8 Å². The molecule has 1 fully saturated rings. The van der Waals surface area contributed by atoms with Crippen LogP contribution in [0.4, 0.5) is 8.78 Å². The number of benzene rings is 1. The molecule has 0 amide bonds. The van der Waals surface area contributed by atoms with Gasteiger partial charge in [0.05, 0.1) is 6.10 Å². The SMILES string of the molecule is OC(CSc1cc(F)ccc1F)CN1CCNCC1. The number of aliphatic hydroxyl groups excluding tert-OH is 1. The van der Waals surface area contributed by atoms with E-state index in [0.29, 0.717) is 12.3 Å². The quantitative estimate of drug-likeness (QED) is 0.801. The summed E-state index contributed by atoms with van der Waals surface area (Å²) in [6, 6.07) is 3.37. The van der Waals surface area contributed by atoms with Gasteiger partial charge in [0, 0.05) is 43.4 Å². The average molecular weight is 288 g/mol. The number of thioether (sulfide) groups is 1. The van der Waals surface area contributed by atoms with Gasteiger partial charge in [-0.2, -0.15) is 0 Å². The maximum absolute atomic E-state index is 13.4. The number of nitrogens with zero attached hydrogens (tertiary/aromatic N) is 1. The summed E-state index contributed by atoms with van der Waals surface area (Å²) in [6.07, 6.45) is -0.536. The fourth-order valence-corrected chi connectivity index (χ4v) is 2.90. The fraction of sp³-hybridized carbons (Fsp3) is 0.538. The second-order valence-corrected chi connectivity index (χ2v) is 5.65. The van der Waals surface area contributed by atoms with Gasteiger partial charge in [0.1, 0.15) is 11.6 Å². The standard InChI is InChI=1S/C13H18F2N2OS/c14-10-1-2-12(15)13(7-10)19-9-11(18)8-17-5-3-16-4-6-17/h1-2,7,11,16,18H,3-6,8-9H2. The molecule has 0 bridgehead atoms. The molecule has 3 nitrogen and oxygen atoms in total. The number of hydrogen-bond donors (Lipinski definition) is 2. The van der Waals surface area contributed by atoms with E-state index in [1.54, 1.807) is 0 Å². The first-order chi connectivity index (χ1) is 9.15. The number of aliphatic hydroxyl groups is 1.